The summed E-state index contributed by atoms with van der Waals surface area (Å²) in [6, 6.07) is 7.83. The number of nitrogens with zero attached hydrogens (tertiary/aromatic N) is 4. The lowest BCUT2D eigenvalue weighted by molar-refractivity contribution is -0.159. The number of ether oxygens (including phenoxy) is 1. The molecule has 2 fully saturated rings. The molecule has 0 bridgehead atoms. The number of amides is 1. The van der Waals surface area contributed by atoms with Crippen molar-refractivity contribution in [3.8, 4) is 5.75 Å². The molecule has 0 unspecified atom stereocenters. The van der Waals surface area contributed by atoms with Gasteiger partial charge in [-0.05, 0) is 43.5 Å². The fourth-order valence-corrected chi connectivity index (χ4v) is 5.89. The maximum absolute atomic E-state index is 13.2. The van der Waals surface area contributed by atoms with Gasteiger partial charge in [-0.2, -0.15) is 0 Å². The Morgan fingerprint density at radius 2 is 1.95 bits per heavy atom. The summed E-state index contributed by atoms with van der Waals surface area (Å²) in [6.07, 6.45) is 4.65. The first-order valence-electron chi connectivity index (χ1n) is 12.4. The quantitative estimate of drug-likeness (QED) is 0.145. The van der Waals surface area contributed by atoms with E-state index in [1.165, 1.54) is 7.11 Å². The average molecular weight is 571 g/mol. The molecule has 1 atom stereocenters. The molecular formula is C25H33Cl2N5O4S. The fourth-order valence-electron chi connectivity index (χ4n) is 5.14. The van der Waals surface area contributed by atoms with Gasteiger partial charge in [0.05, 0.1) is 36.7 Å². The standard InChI is InChI=1S/C25H33Cl2N5O4S/c1-4-19-16-31(24-22(27)14-18(15-28-24)29-37-36-35-3)11-12-32(19)20-7-9-30(10-8-20)25(33)21-6-5-17(26)13-23(21)34-2/h5-6,13-15,19-20,29H,4,7-12,16H2,1-3H3/t19-/m0/s1. The van der Waals surface area contributed by atoms with Gasteiger partial charge in [0.15, 0.2) is 0 Å². The number of piperidine rings is 1. The summed E-state index contributed by atoms with van der Waals surface area (Å²) in [7, 11) is 3.00. The molecule has 1 aromatic heterocycles. The second kappa shape index (κ2) is 13.2. The number of nitrogens with one attached hydrogen (secondary N) is 1. The predicted octanol–water partition coefficient (Wildman–Crippen LogP) is 5.16. The number of piperazine rings is 1. The Morgan fingerprint density at radius 1 is 1.16 bits per heavy atom. The van der Waals surface area contributed by atoms with Gasteiger partial charge in [0.2, 0.25) is 0 Å². The third-order valence-corrected chi connectivity index (χ3v) is 8.03. The van der Waals surface area contributed by atoms with Crippen LogP contribution in [0.15, 0.2) is 30.5 Å². The monoisotopic (exact) mass is 569 g/mol. The van der Waals surface area contributed by atoms with Crippen molar-refractivity contribution in [3.63, 3.8) is 0 Å². The summed E-state index contributed by atoms with van der Waals surface area (Å²) in [6.45, 7) is 6.30. The van der Waals surface area contributed by atoms with Crippen molar-refractivity contribution < 1.29 is 18.8 Å². The predicted molar refractivity (Wildman–Crippen MR) is 148 cm³/mol. The van der Waals surface area contributed by atoms with Gasteiger partial charge < -0.3 is 19.3 Å². The molecule has 2 aliphatic heterocycles. The lowest BCUT2D eigenvalue weighted by Gasteiger charge is -2.47. The maximum atomic E-state index is 13.2. The molecule has 37 heavy (non-hydrogen) atoms. The van der Waals surface area contributed by atoms with Gasteiger partial charge in [-0.25, -0.2) is 9.87 Å². The number of rotatable bonds is 9. The number of likely N-dealkylation sites (tertiary alicyclic amines) is 1. The van der Waals surface area contributed by atoms with Crippen molar-refractivity contribution >= 4 is 52.8 Å². The number of hydrogen-bond acceptors (Lipinski definition) is 9. The molecule has 1 aromatic carbocycles. The molecule has 0 saturated carbocycles. The van der Waals surface area contributed by atoms with E-state index in [1.807, 2.05) is 11.0 Å². The highest BCUT2D eigenvalue weighted by molar-refractivity contribution is 7.95. The molecule has 2 aromatic rings. The molecule has 12 heteroatoms. The van der Waals surface area contributed by atoms with E-state index in [9.17, 15) is 4.79 Å². The first-order chi connectivity index (χ1) is 17.9. The zero-order chi connectivity index (χ0) is 26.4. The van der Waals surface area contributed by atoms with Crippen LogP contribution in [0, 0.1) is 0 Å². The second-order valence-electron chi connectivity index (χ2n) is 9.06. The topological polar surface area (TPSA) is 79.4 Å². The van der Waals surface area contributed by atoms with Gasteiger partial charge in [-0.1, -0.05) is 30.1 Å². The maximum Gasteiger partial charge on any atom is 0.257 e. The number of pyridine rings is 1. The van der Waals surface area contributed by atoms with Gasteiger partial charge in [0.1, 0.15) is 23.8 Å². The number of methoxy groups -OCH3 is 1. The number of aromatic nitrogens is 1. The summed E-state index contributed by atoms with van der Waals surface area (Å²) in [5, 5.41) is 1.15. The second-order valence-corrected chi connectivity index (χ2v) is 10.4. The summed E-state index contributed by atoms with van der Waals surface area (Å²) in [5.74, 6) is 1.30. The molecule has 9 nitrogen and oxygen atoms in total. The Balaban J connectivity index is 1.34. The minimum absolute atomic E-state index is 0.00494. The van der Waals surface area contributed by atoms with E-state index in [2.05, 4.69) is 31.3 Å². The van der Waals surface area contributed by atoms with Gasteiger partial charge in [0, 0.05) is 49.8 Å². The highest BCUT2D eigenvalue weighted by Crippen LogP contribution is 2.32. The minimum Gasteiger partial charge on any atom is -0.496 e. The first-order valence-corrected chi connectivity index (χ1v) is 13.9. The van der Waals surface area contributed by atoms with Crippen LogP contribution in [0.3, 0.4) is 0 Å². The molecule has 0 radical (unpaired) electrons. The molecule has 3 heterocycles. The van der Waals surface area contributed by atoms with Gasteiger partial charge in [-0.3, -0.25) is 9.69 Å². The van der Waals surface area contributed by atoms with Gasteiger partial charge in [0.25, 0.3) is 5.91 Å². The third kappa shape index (κ3) is 6.74. The molecule has 4 rings (SSSR count). The van der Waals surface area contributed by atoms with Gasteiger partial charge in [-0.15, -0.1) is 4.33 Å². The van der Waals surface area contributed by atoms with E-state index in [0.717, 1.165) is 75.7 Å². The Bertz CT molecular complexity index is 1070. The van der Waals surface area contributed by atoms with E-state index >= 15 is 0 Å². The molecule has 2 aliphatic rings. The molecule has 0 aliphatic carbocycles. The number of carbonyl (C=O) groups is 1. The van der Waals surface area contributed by atoms with Crippen LogP contribution >= 0.6 is 35.4 Å². The molecule has 1 amide bonds. The number of anilines is 2. The van der Waals surface area contributed by atoms with Crippen LogP contribution in [0.1, 0.15) is 36.5 Å². The Morgan fingerprint density at radius 3 is 2.62 bits per heavy atom. The van der Waals surface area contributed by atoms with Crippen molar-refractivity contribution in [2.24, 2.45) is 0 Å². The first kappa shape index (κ1) is 28.1. The lowest BCUT2D eigenvalue weighted by atomic mass is 9.97. The van der Waals surface area contributed by atoms with Crippen LogP contribution in [-0.4, -0.2) is 79.7 Å². The molecule has 1 N–H and O–H groups in total. The van der Waals surface area contributed by atoms with Crippen LogP contribution in [0.5, 0.6) is 5.75 Å². The summed E-state index contributed by atoms with van der Waals surface area (Å²) >= 11 is 13.6. The zero-order valence-corrected chi connectivity index (χ0v) is 23.6. The van der Waals surface area contributed by atoms with E-state index in [0.29, 0.717) is 33.4 Å². The van der Waals surface area contributed by atoms with Crippen molar-refractivity contribution in [3.05, 3.63) is 46.1 Å². The van der Waals surface area contributed by atoms with Crippen molar-refractivity contribution in [1.82, 2.24) is 14.8 Å². The summed E-state index contributed by atoms with van der Waals surface area (Å²) < 4.78 is 13.1. The normalized spacial score (nSPS) is 19.2. The number of benzene rings is 1. The summed E-state index contributed by atoms with van der Waals surface area (Å²) in [4.78, 5) is 29.1. The molecule has 202 valence electrons. The molecular weight excluding hydrogens is 537 g/mol. The summed E-state index contributed by atoms with van der Waals surface area (Å²) in [5.41, 5.74) is 1.29. The highest BCUT2D eigenvalue weighted by Gasteiger charge is 2.35. The van der Waals surface area contributed by atoms with Crippen molar-refractivity contribution in [2.45, 2.75) is 38.3 Å². The number of halogens is 2. The Kier molecular flexibility index (Phi) is 10.0. The van der Waals surface area contributed by atoms with E-state index in [1.54, 1.807) is 31.5 Å². The largest absolute Gasteiger partial charge is 0.496 e. The molecule has 0 spiro atoms. The lowest BCUT2D eigenvalue weighted by Crippen LogP contribution is -2.58. The van der Waals surface area contributed by atoms with Crippen molar-refractivity contribution in [2.75, 3.05) is 56.6 Å². The van der Waals surface area contributed by atoms with Crippen LogP contribution in [-0.2, 0) is 9.22 Å². The van der Waals surface area contributed by atoms with E-state index in [4.69, 9.17) is 32.3 Å². The molecule has 2 saturated heterocycles. The number of hydrogen-bond donors (Lipinski definition) is 1. The Labute approximate surface area is 232 Å². The SMILES string of the molecule is CC[C@H]1CN(c2ncc(NSOOC)cc2Cl)CCN1C1CCN(C(=O)c2ccc(Cl)cc2OC)CC1. The number of carbonyl (C=O) groups excluding carboxylic acids is 1. The minimum atomic E-state index is -0.00494. The van der Waals surface area contributed by atoms with E-state index < -0.39 is 0 Å². The van der Waals surface area contributed by atoms with E-state index in [-0.39, 0.29) is 5.91 Å². The highest BCUT2D eigenvalue weighted by atomic mass is 35.5. The third-order valence-electron chi connectivity index (χ3n) is 7.00. The van der Waals surface area contributed by atoms with Crippen molar-refractivity contribution in [1.29, 1.82) is 0 Å². The zero-order valence-electron chi connectivity index (χ0n) is 21.3. The van der Waals surface area contributed by atoms with Crippen LogP contribution in [0.25, 0.3) is 0 Å². The average Bonchev–Trinajstić information content (AvgIpc) is 2.92. The smallest absolute Gasteiger partial charge is 0.257 e. The van der Waals surface area contributed by atoms with Gasteiger partial charge >= 0.3 is 0 Å². The fraction of sp³-hybridized carbons (Fsp3) is 0.520. The Hall–Kier alpha value is -1.95. The van der Waals surface area contributed by atoms with Crippen LogP contribution in [0.4, 0.5) is 11.5 Å². The van der Waals surface area contributed by atoms with Crippen LogP contribution < -0.4 is 14.4 Å². The van der Waals surface area contributed by atoms with Crippen LogP contribution in [0.2, 0.25) is 10.0 Å².